The molecule has 1 aromatic rings. The molecule has 1 heterocycles. The zero-order chi connectivity index (χ0) is 19.4. The average molecular weight is 394 g/mol. The first-order valence-corrected chi connectivity index (χ1v) is 11.4. The van der Waals surface area contributed by atoms with Crippen molar-refractivity contribution in [3.63, 3.8) is 0 Å². The van der Waals surface area contributed by atoms with Crippen LogP contribution in [0.4, 0.5) is 11.4 Å². The van der Waals surface area contributed by atoms with Crippen molar-refractivity contribution >= 4 is 33.2 Å². The summed E-state index contributed by atoms with van der Waals surface area (Å²) in [4.78, 5) is 24.4. The van der Waals surface area contributed by atoms with E-state index in [0.29, 0.717) is 17.9 Å². The minimum atomic E-state index is -3.33. The number of nitrogens with zero attached hydrogens (tertiary/aromatic N) is 1. The Balaban J connectivity index is 1.65. The first kappa shape index (κ1) is 19.7. The van der Waals surface area contributed by atoms with E-state index in [0.717, 1.165) is 44.1 Å². The molecular weight excluding hydrogens is 366 g/mol. The number of nitrogens with one attached hydrogen (secondary N) is 2. The standard InChI is InChI=1S/C19H27N3O4S/c1-27(25,26)22-12-6-7-14-13-16(10-11-17(14)22)21-19(24)18(23)20-15-8-4-2-3-5-9-15/h10-11,13,15H,2-9,12H2,1H3,(H,20,23)(H,21,24). The second-order valence-corrected chi connectivity index (χ2v) is 9.31. The molecule has 0 spiro atoms. The van der Waals surface area contributed by atoms with Gasteiger partial charge in [-0.15, -0.1) is 0 Å². The fraction of sp³-hybridized carbons (Fsp3) is 0.579. The first-order valence-electron chi connectivity index (χ1n) is 9.57. The van der Waals surface area contributed by atoms with Gasteiger partial charge in [0.2, 0.25) is 10.0 Å². The molecule has 2 amide bonds. The van der Waals surface area contributed by atoms with Crippen LogP contribution < -0.4 is 14.9 Å². The van der Waals surface area contributed by atoms with Crippen molar-refractivity contribution in [2.45, 2.75) is 57.4 Å². The van der Waals surface area contributed by atoms with Gasteiger partial charge in [0, 0.05) is 18.3 Å². The topological polar surface area (TPSA) is 95.6 Å². The third-order valence-electron chi connectivity index (χ3n) is 5.21. The Kier molecular flexibility index (Phi) is 6.04. The van der Waals surface area contributed by atoms with Crippen LogP contribution in [0.3, 0.4) is 0 Å². The van der Waals surface area contributed by atoms with Crippen LogP contribution in [0.1, 0.15) is 50.5 Å². The number of anilines is 2. The Hall–Kier alpha value is -2.09. The normalized spacial score (nSPS) is 18.3. The molecule has 0 bridgehead atoms. The lowest BCUT2D eigenvalue weighted by molar-refractivity contribution is -0.136. The zero-order valence-electron chi connectivity index (χ0n) is 15.7. The number of amides is 2. The molecule has 2 aliphatic rings. The zero-order valence-corrected chi connectivity index (χ0v) is 16.5. The molecule has 1 aliphatic carbocycles. The summed E-state index contributed by atoms with van der Waals surface area (Å²) in [6, 6.07) is 5.15. The maximum absolute atomic E-state index is 12.2. The Labute approximate surface area is 160 Å². The molecule has 1 aromatic carbocycles. The number of sulfonamides is 1. The van der Waals surface area contributed by atoms with Crippen LogP contribution >= 0.6 is 0 Å². The number of aryl methyl sites for hydroxylation is 1. The maximum Gasteiger partial charge on any atom is 0.313 e. The Bertz CT molecular complexity index is 814. The third-order valence-corrected chi connectivity index (χ3v) is 6.39. The highest BCUT2D eigenvalue weighted by Crippen LogP contribution is 2.31. The van der Waals surface area contributed by atoms with Crippen LogP contribution in [0.2, 0.25) is 0 Å². The summed E-state index contributed by atoms with van der Waals surface area (Å²) in [5.74, 6) is -1.30. The lowest BCUT2D eigenvalue weighted by atomic mass is 10.0. The van der Waals surface area contributed by atoms with Crippen molar-refractivity contribution in [1.82, 2.24) is 5.32 Å². The van der Waals surface area contributed by atoms with Gasteiger partial charge in [-0.3, -0.25) is 13.9 Å². The molecule has 1 aliphatic heterocycles. The first-order chi connectivity index (χ1) is 12.8. The lowest BCUT2D eigenvalue weighted by Gasteiger charge is -2.29. The number of carbonyl (C=O) groups excluding carboxylic acids is 2. The largest absolute Gasteiger partial charge is 0.345 e. The highest BCUT2D eigenvalue weighted by molar-refractivity contribution is 7.92. The summed E-state index contributed by atoms with van der Waals surface area (Å²) < 4.78 is 25.2. The van der Waals surface area contributed by atoms with Crippen molar-refractivity contribution in [2.75, 3.05) is 22.4 Å². The minimum Gasteiger partial charge on any atom is -0.345 e. The van der Waals surface area contributed by atoms with Gasteiger partial charge in [-0.2, -0.15) is 0 Å². The summed E-state index contributed by atoms with van der Waals surface area (Å²) in [5, 5.41) is 5.46. The van der Waals surface area contributed by atoms with Gasteiger partial charge in [0.25, 0.3) is 0 Å². The van der Waals surface area contributed by atoms with E-state index >= 15 is 0 Å². The quantitative estimate of drug-likeness (QED) is 0.608. The monoisotopic (exact) mass is 393 g/mol. The van der Waals surface area contributed by atoms with E-state index in [1.165, 1.54) is 23.4 Å². The van der Waals surface area contributed by atoms with E-state index in [4.69, 9.17) is 0 Å². The van der Waals surface area contributed by atoms with Gasteiger partial charge < -0.3 is 10.6 Å². The van der Waals surface area contributed by atoms with Crippen LogP contribution in [0.15, 0.2) is 18.2 Å². The van der Waals surface area contributed by atoms with Gasteiger partial charge >= 0.3 is 11.8 Å². The second-order valence-electron chi connectivity index (χ2n) is 7.40. The number of fused-ring (bicyclic) bond motifs is 1. The van der Waals surface area contributed by atoms with Crippen LogP contribution in [-0.2, 0) is 26.0 Å². The molecule has 2 N–H and O–H groups in total. The Morgan fingerprint density at radius 3 is 2.41 bits per heavy atom. The molecule has 1 saturated carbocycles. The maximum atomic E-state index is 12.2. The summed E-state index contributed by atoms with van der Waals surface area (Å²) in [7, 11) is -3.33. The predicted octanol–water partition coefficient (Wildman–Crippen LogP) is 2.18. The fourth-order valence-electron chi connectivity index (χ4n) is 3.85. The highest BCUT2D eigenvalue weighted by Gasteiger charge is 2.25. The average Bonchev–Trinajstić information content (AvgIpc) is 2.88. The van der Waals surface area contributed by atoms with Crippen molar-refractivity contribution in [2.24, 2.45) is 0 Å². The van der Waals surface area contributed by atoms with Crippen LogP contribution in [0, 0.1) is 0 Å². The molecule has 0 saturated heterocycles. The Morgan fingerprint density at radius 1 is 1.04 bits per heavy atom. The minimum absolute atomic E-state index is 0.0672. The number of hydrogen-bond donors (Lipinski definition) is 2. The summed E-state index contributed by atoms with van der Waals surface area (Å²) in [5.41, 5.74) is 2.00. The van der Waals surface area contributed by atoms with Crippen LogP contribution in [-0.4, -0.2) is 39.1 Å². The van der Waals surface area contributed by atoms with E-state index in [2.05, 4.69) is 10.6 Å². The summed E-state index contributed by atoms with van der Waals surface area (Å²) >= 11 is 0. The Morgan fingerprint density at radius 2 is 1.74 bits per heavy atom. The van der Waals surface area contributed by atoms with Gasteiger partial charge in [0.15, 0.2) is 0 Å². The highest BCUT2D eigenvalue weighted by atomic mass is 32.2. The predicted molar refractivity (Wildman–Crippen MR) is 105 cm³/mol. The van der Waals surface area contributed by atoms with Crippen molar-refractivity contribution < 1.29 is 18.0 Å². The number of benzene rings is 1. The fourth-order valence-corrected chi connectivity index (χ4v) is 4.84. The van der Waals surface area contributed by atoms with E-state index < -0.39 is 21.8 Å². The van der Waals surface area contributed by atoms with Crippen LogP contribution in [0.5, 0.6) is 0 Å². The molecular formula is C19H27N3O4S. The van der Waals surface area contributed by atoms with Gasteiger partial charge in [-0.1, -0.05) is 25.7 Å². The molecule has 0 unspecified atom stereocenters. The molecule has 0 atom stereocenters. The van der Waals surface area contributed by atoms with E-state index in [1.807, 2.05) is 0 Å². The van der Waals surface area contributed by atoms with Gasteiger partial charge in [-0.25, -0.2) is 8.42 Å². The number of rotatable bonds is 3. The summed E-state index contributed by atoms with van der Waals surface area (Å²) in [6.07, 6.45) is 8.99. The van der Waals surface area contributed by atoms with Crippen molar-refractivity contribution in [1.29, 1.82) is 0 Å². The van der Waals surface area contributed by atoms with Crippen molar-refractivity contribution in [3.8, 4) is 0 Å². The number of hydrogen-bond acceptors (Lipinski definition) is 4. The molecule has 7 nitrogen and oxygen atoms in total. The van der Waals surface area contributed by atoms with E-state index in [1.54, 1.807) is 18.2 Å². The number of carbonyl (C=O) groups is 2. The smallest absolute Gasteiger partial charge is 0.313 e. The third kappa shape index (κ3) is 5.00. The molecule has 148 valence electrons. The van der Waals surface area contributed by atoms with Gasteiger partial charge in [0.1, 0.15) is 0 Å². The molecule has 3 rings (SSSR count). The molecule has 0 radical (unpaired) electrons. The lowest BCUT2D eigenvalue weighted by Crippen LogP contribution is -2.41. The van der Waals surface area contributed by atoms with Crippen LogP contribution in [0.25, 0.3) is 0 Å². The van der Waals surface area contributed by atoms with E-state index in [9.17, 15) is 18.0 Å². The van der Waals surface area contributed by atoms with Crippen molar-refractivity contribution in [3.05, 3.63) is 23.8 Å². The second kappa shape index (κ2) is 8.29. The van der Waals surface area contributed by atoms with Gasteiger partial charge in [-0.05, 0) is 49.4 Å². The summed E-state index contributed by atoms with van der Waals surface area (Å²) in [6.45, 7) is 0.460. The van der Waals surface area contributed by atoms with Gasteiger partial charge in [0.05, 0.1) is 11.9 Å². The molecule has 1 fully saturated rings. The van der Waals surface area contributed by atoms with E-state index in [-0.39, 0.29) is 6.04 Å². The SMILES string of the molecule is CS(=O)(=O)N1CCCc2cc(NC(=O)C(=O)NC3CCCCCC3)ccc21. The molecule has 0 aromatic heterocycles. The molecule has 27 heavy (non-hydrogen) atoms. The molecule has 8 heteroatoms.